The first-order chi connectivity index (χ1) is 4.33. The fraction of sp³-hybridized carbons (Fsp3) is 0.667. The highest BCUT2D eigenvalue weighted by molar-refractivity contribution is 5.71. The second-order valence-electron chi connectivity index (χ2n) is 2.18. The molecule has 0 atom stereocenters. The molecule has 3 heteroatoms. The molecular weight excluding hydrogens is 116 g/mol. The van der Waals surface area contributed by atoms with Gasteiger partial charge in [-0.15, -0.1) is 4.67 Å². The molecule has 1 saturated heterocycles. The van der Waals surface area contributed by atoms with Crippen LogP contribution in [0.5, 0.6) is 0 Å². The van der Waals surface area contributed by atoms with Gasteiger partial charge in [0.05, 0.1) is 0 Å². The third-order valence-corrected chi connectivity index (χ3v) is 1.58. The molecule has 0 spiro atoms. The lowest BCUT2D eigenvalue weighted by Crippen LogP contribution is -2.62. The smallest absolute Gasteiger partial charge is 0.302 e. The van der Waals surface area contributed by atoms with Gasteiger partial charge < -0.3 is 10.1 Å². The summed E-state index contributed by atoms with van der Waals surface area (Å²) in [7, 11) is 1.68. The Morgan fingerprint density at radius 1 is 1.78 bits per heavy atom. The number of ether oxygens (including phenoxy) is 1. The Kier molecular flexibility index (Phi) is 1.67. The molecule has 0 amide bonds. The summed E-state index contributed by atoms with van der Waals surface area (Å²) in [6.45, 7) is 5.06. The topological polar surface area (TPSA) is 35.4 Å². The maximum absolute atomic E-state index is 5.16. The van der Waals surface area contributed by atoms with E-state index in [1.165, 1.54) is 0 Å². The molecule has 1 aliphatic rings. The molecule has 0 radical (unpaired) electrons. The Hall–Kier alpha value is -0.630. The molecule has 1 N–H and O–H groups in total. The first-order valence-electron chi connectivity index (χ1n) is 2.89. The predicted octanol–water partition coefficient (Wildman–Crippen LogP) is -1.19. The second kappa shape index (κ2) is 2.31. The SMILES string of the molecule is C=[N+]=CC1(OC)CNC1. The number of methoxy groups -OCH3 is 1. The molecule has 1 heterocycles. The van der Waals surface area contributed by atoms with E-state index in [0.29, 0.717) is 0 Å². The van der Waals surface area contributed by atoms with Gasteiger partial charge in [0, 0.05) is 20.2 Å². The summed E-state index contributed by atoms with van der Waals surface area (Å²) in [5.74, 6) is 0. The molecule has 0 unspecified atom stereocenters. The van der Waals surface area contributed by atoms with E-state index >= 15 is 0 Å². The quantitative estimate of drug-likeness (QED) is 0.374. The van der Waals surface area contributed by atoms with Crippen LogP contribution in [-0.4, -0.2) is 38.7 Å². The molecule has 0 aromatic carbocycles. The van der Waals surface area contributed by atoms with Gasteiger partial charge in [-0.2, -0.15) is 0 Å². The van der Waals surface area contributed by atoms with Crippen molar-refractivity contribution >= 4 is 12.9 Å². The van der Waals surface area contributed by atoms with Gasteiger partial charge in [-0.05, 0) is 0 Å². The van der Waals surface area contributed by atoms with Crippen molar-refractivity contribution in [2.75, 3.05) is 20.2 Å². The monoisotopic (exact) mass is 127 g/mol. The molecule has 0 aromatic rings. The first kappa shape index (κ1) is 6.49. The van der Waals surface area contributed by atoms with Crippen LogP contribution in [0.1, 0.15) is 0 Å². The third kappa shape index (κ3) is 1.03. The van der Waals surface area contributed by atoms with Crippen LogP contribution in [0, 0.1) is 0 Å². The lowest BCUT2D eigenvalue weighted by molar-refractivity contribution is 0.0117. The molecule has 1 fully saturated rings. The summed E-state index contributed by atoms with van der Waals surface area (Å²) in [6, 6.07) is 0. The summed E-state index contributed by atoms with van der Waals surface area (Å²) < 4.78 is 8.82. The van der Waals surface area contributed by atoms with Crippen LogP contribution in [0.25, 0.3) is 0 Å². The molecule has 1 rings (SSSR count). The largest absolute Gasteiger partial charge is 0.364 e. The van der Waals surface area contributed by atoms with Gasteiger partial charge in [0.1, 0.15) is 0 Å². The summed E-state index contributed by atoms with van der Waals surface area (Å²) in [6.07, 6.45) is 1.74. The van der Waals surface area contributed by atoms with Crippen LogP contribution in [0.15, 0.2) is 0 Å². The highest BCUT2D eigenvalue weighted by atomic mass is 16.5. The van der Waals surface area contributed by atoms with Crippen LogP contribution in [0.2, 0.25) is 0 Å². The summed E-state index contributed by atoms with van der Waals surface area (Å²) in [5.41, 5.74) is -0.151. The predicted molar refractivity (Wildman–Crippen MR) is 37.9 cm³/mol. The maximum Gasteiger partial charge on any atom is 0.302 e. The molecule has 0 aromatic heterocycles. The van der Waals surface area contributed by atoms with Crippen molar-refractivity contribution in [3.63, 3.8) is 0 Å². The van der Waals surface area contributed by atoms with Gasteiger partial charge in [-0.1, -0.05) is 0 Å². The molecule has 0 aliphatic carbocycles. The summed E-state index contributed by atoms with van der Waals surface area (Å²) >= 11 is 0. The zero-order valence-corrected chi connectivity index (χ0v) is 5.55. The highest BCUT2D eigenvalue weighted by Gasteiger charge is 2.39. The Morgan fingerprint density at radius 2 is 2.44 bits per heavy atom. The zero-order chi connectivity index (χ0) is 6.74. The number of nitrogens with zero attached hydrogens (tertiary/aromatic N) is 1. The van der Waals surface area contributed by atoms with Crippen molar-refractivity contribution in [1.29, 1.82) is 0 Å². The second-order valence-corrected chi connectivity index (χ2v) is 2.18. The average Bonchev–Trinajstić information content (AvgIpc) is 1.79. The van der Waals surface area contributed by atoms with Gasteiger partial charge in [0.25, 0.3) is 6.72 Å². The van der Waals surface area contributed by atoms with E-state index in [1.807, 2.05) is 0 Å². The van der Waals surface area contributed by atoms with E-state index in [-0.39, 0.29) is 5.60 Å². The normalized spacial score (nSPS) is 21.9. The van der Waals surface area contributed by atoms with E-state index in [0.717, 1.165) is 13.1 Å². The molecule has 0 saturated carbocycles. The number of hydrogen-bond acceptors (Lipinski definition) is 2. The van der Waals surface area contributed by atoms with Crippen molar-refractivity contribution < 1.29 is 4.74 Å². The van der Waals surface area contributed by atoms with Crippen LogP contribution in [0.4, 0.5) is 0 Å². The van der Waals surface area contributed by atoms with Crippen molar-refractivity contribution in [1.82, 2.24) is 9.98 Å². The minimum Gasteiger partial charge on any atom is -0.364 e. The van der Waals surface area contributed by atoms with Gasteiger partial charge in [0.15, 0.2) is 5.60 Å². The number of hydrogen-bond donors (Lipinski definition) is 1. The minimum atomic E-state index is -0.151. The lowest BCUT2D eigenvalue weighted by atomic mass is 9.99. The van der Waals surface area contributed by atoms with Crippen molar-refractivity contribution in [3.8, 4) is 0 Å². The lowest BCUT2D eigenvalue weighted by Gasteiger charge is -2.33. The van der Waals surface area contributed by atoms with Crippen LogP contribution < -0.4 is 9.98 Å². The zero-order valence-electron chi connectivity index (χ0n) is 5.55. The first-order valence-corrected chi connectivity index (χ1v) is 2.89. The van der Waals surface area contributed by atoms with Crippen molar-refractivity contribution in [3.05, 3.63) is 0 Å². The fourth-order valence-electron chi connectivity index (χ4n) is 0.826. The van der Waals surface area contributed by atoms with Crippen LogP contribution in [0.3, 0.4) is 0 Å². The highest BCUT2D eigenvalue weighted by Crippen LogP contribution is 2.10. The van der Waals surface area contributed by atoms with Crippen molar-refractivity contribution in [2.24, 2.45) is 0 Å². The average molecular weight is 127 g/mol. The standard InChI is InChI=1S/C6H11N2O/c1-7-3-6(9-2)4-8-5-6/h3,8H,1,4-5H2,2H3/q+1. The number of rotatable bonds is 2. The van der Waals surface area contributed by atoms with Crippen LogP contribution >= 0.6 is 0 Å². The van der Waals surface area contributed by atoms with E-state index in [9.17, 15) is 0 Å². The van der Waals surface area contributed by atoms with E-state index in [4.69, 9.17) is 4.74 Å². The molecule has 1 aliphatic heterocycles. The maximum atomic E-state index is 5.16. The molecule has 50 valence electrons. The Balaban J connectivity index is 2.56. The molecule has 0 bridgehead atoms. The Bertz CT molecular complexity index is 140. The van der Waals surface area contributed by atoms with Gasteiger partial charge in [-0.3, -0.25) is 0 Å². The third-order valence-electron chi connectivity index (χ3n) is 1.58. The van der Waals surface area contributed by atoms with Crippen LogP contribution in [-0.2, 0) is 4.74 Å². The Morgan fingerprint density at radius 3 is 2.56 bits per heavy atom. The van der Waals surface area contributed by atoms with Gasteiger partial charge >= 0.3 is 6.21 Å². The molecular formula is C6H11N2O+. The van der Waals surface area contributed by atoms with E-state index in [1.54, 1.807) is 13.3 Å². The van der Waals surface area contributed by atoms with Gasteiger partial charge in [-0.25, -0.2) is 0 Å². The summed E-state index contributed by atoms with van der Waals surface area (Å²) in [5, 5.41) is 3.09. The molecule has 9 heavy (non-hydrogen) atoms. The van der Waals surface area contributed by atoms with E-state index in [2.05, 4.69) is 16.7 Å². The Labute approximate surface area is 54.5 Å². The van der Waals surface area contributed by atoms with Crippen molar-refractivity contribution in [2.45, 2.75) is 5.60 Å². The number of nitrogens with one attached hydrogen (secondary N) is 1. The van der Waals surface area contributed by atoms with E-state index < -0.39 is 0 Å². The summed E-state index contributed by atoms with van der Waals surface area (Å²) in [4.78, 5) is 0. The van der Waals surface area contributed by atoms with Gasteiger partial charge in [0.2, 0.25) is 0 Å². The fourth-order valence-corrected chi connectivity index (χ4v) is 0.826. The molecule has 3 nitrogen and oxygen atoms in total. The minimum absolute atomic E-state index is 0.151.